The van der Waals surface area contributed by atoms with Crippen LogP contribution in [-0.4, -0.2) is 45.1 Å². The molecule has 3 rings (SSSR count). The molecular weight excluding hydrogens is 412 g/mol. The average molecular weight is 438 g/mol. The highest BCUT2D eigenvalue weighted by atomic mass is 16.6. The van der Waals surface area contributed by atoms with E-state index in [1.165, 1.54) is 12.1 Å². The highest BCUT2D eigenvalue weighted by Crippen LogP contribution is 2.21. The van der Waals surface area contributed by atoms with Gasteiger partial charge in [-0.25, -0.2) is 0 Å². The van der Waals surface area contributed by atoms with Crippen LogP contribution in [0.4, 0.5) is 5.69 Å². The molecule has 0 saturated heterocycles. The zero-order valence-corrected chi connectivity index (χ0v) is 18.1. The number of hydrogen-bond donors (Lipinski definition) is 0. The molecule has 2 aromatic carbocycles. The van der Waals surface area contributed by atoms with Crippen LogP contribution in [0, 0.1) is 10.1 Å². The van der Waals surface area contributed by atoms with Crippen LogP contribution in [0.15, 0.2) is 59.1 Å². The fourth-order valence-electron chi connectivity index (χ4n) is 3.17. The summed E-state index contributed by atoms with van der Waals surface area (Å²) in [6.07, 6.45) is 1.17. The molecule has 9 heteroatoms. The Morgan fingerprint density at radius 3 is 2.72 bits per heavy atom. The maximum Gasteiger partial charge on any atom is 0.270 e. The summed E-state index contributed by atoms with van der Waals surface area (Å²) >= 11 is 0. The molecule has 0 aliphatic rings. The maximum absolute atomic E-state index is 12.8. The van der Waals surface area contributed by atoms with Gasteiger partial charge in [-0.1, -0.05) is 54.5 Å². The lowest BCUT2D eigenvalue weighted by Crippen LogP contribution is -2.41. The van der Waals surface area contributed by atoms with Crippen molar-refractivity contribution in [1.82, 2.24) is 15.0 Å². The first-order valence-corrected chi connectivity index (χ1v) is 10.5. The van der Waals surface area contributed by atoms with Crippen LogP contribution in [0.2, 0.25) is 0 Å². The van der Waals surface area contributed by atoms with Gasteiger partial charge in [-0.05, 0) is 18.9 Å². The van der Waals surface area contributed by atoms with Crippen molar-refractivity contribution < 1.29 is 19.0 Å². The van der Waals surface area contributed by atoms with E-state index in [1.54, 1.807) is 17.0 Å². The summed E-state index contributed by atoms with van der Waals surface area (Å²) in [4.78, 5) is 29.3. The van der Waals surface area contributed by atoms with Crippen molar-refractivity contribution in [3.8, 4) is 11.4 Å². The minimum atomic E-state index is -0.472. The molecule has 9 nitrogen and oxygen atoms in total. The van der Waals surface area contributed by atoms with Crippen LogP contribution in [0.25, 0.3) is 11.4 Å². The van der Waals surface area contributed by atoms with Crippen molar-refractivity contribution in [2.45, 2.75) is 39.3 Å². The van der Waals surface area contributed by atoms with E-state index in [2.05, 4.69) is 10.1 Å². The van der Waals surface area contributed by atoms with Gasteiger partial charge in [0.25, 0.3) is 5.69 Å². The largest absolute Gasteiger partial charge is 0.367 e. The number of amides is 1. The van der Waals surface area contributed by atoms with Crippen molar-refractivity contribution in [3.05, 3.63) is 76.2 Å². The topological polar surface area (TPSA) is 112 Å². The fraction of sp³-hybridized carbons (Fsp3) is 0.348. The molecule has 0 aliphatic carbocycles. The van der Waals surface area contributed by atoms with Gasteiger partial charge in [0.05, 0.1) is 11.5 Å². The van der Waals surface area contributed by atoms with Crippen molar-refractivity contribution >= 4 is 11.6 Å². The lowest BCUT2D eigenvalue weighted by molar-refractivity contribution is -0.384. The molecule has 1 heterocycles. The summed E-state index contributed by atoms with van der Waals surface area (Å²) in [5.41, 5.74) is 1.46. The molecular formula is C23H26N4O5. The van der Waals surface area contributed by atoms with Crippen LogP contribution >= 0.6 is 0 Å². The number of carbonyl (C=O) groups excluding carboxylic acids is 1. The summed E-state index contributed by atoms with van der Waals surface area (Å²) in [6.45, 7) is 4.76. The van der Waals surface area contributed by atoms with E-state index in [9.17, 15) is 14.9 Å². The second-order valence-electron chi connectivity index (χ2n) is 7.39. The number of hydrogen-bond acceptors (Lipinski definition) is 7. The van der Waals surface area contributed by atoms with Crippen molar-refractivity contribution in [2.24, 2.45) is 0 Å². The molecule has 0 radical (unpaired) electrons. The zero-order chi connectivity index (χ0) is 22.9. The summed E-state index contributed by atoms with van der Waals surface area (Å²) in [7, 11) is 0. The molecule has 0 spiro atoms. The van der Waals surface area contributed by atoms with Gasteiger partial charge in [-0.15, -0.1) is 0 Å². The van der Waals surface area contributed by atoms with Crippen molar-refractivity contribution in [3.63, 3.8) is 0 Å². The van der Waals surface area contributed by atoms with E-state index in [0.29, 0.717) is 31.0 Å². The molecule has 0 unspecified atom stereocenters. The van der Waals surface area contributed by atoms with Gasteiger partial charge < -0.3 is 14.2 Å². The number of rotatable bonds is 11. The molecule has 32 heavy (non-hydrogen) atoms. The Morgan fingerprint density at radius 1 is 1.22 bits per heavy atom. The van der Waals surface area contributed by atoms with Crippen LogP contribution in [0.3, 0.4) is 0 Å². The molecule has 1 aromatic heterocycles. The van der Waals surface area contributed by atoms with E-state index in [1.807, 2.05) is 44.2 Å². The zero-order valence-electron chi connectivity index (χ0n) is 18.1. The predicted octanol–water partition coefficient (Wildman–Crippen LogP) is 4.03. The Hall–Kier alpha value is -3.59. The Labute approximate surface area is 186 Å². The first-order valence-electron chi connectivity index (χ1n) is 10.5. The summed E-state index contributed by atoms with van der Waals surface area (Å²) in [5.74, 6) is 0.530. The van der Waals surface area contributed by atoms with E-state index in [-0.39, 0.29) is 30.1 Å². The molecule has 0 bridgehead atoms. The average Bonchev–Trinajstić information content (AvgIpc) is 3.29. The molecule has 0 aliphatic heterocycles. The lowest BCUT2D eigenvalue weighted by atomic mass is 10.2. The Bertz CT molecular complexity index is 1040. The SMILES string of the molecule is CC[C@H](C)N(CCc1nc(-c2cccc([N+](=O)[O-])c2)no1)C(=O)COCc1ccccc1. The third-order valence-corrected chi connectivity index (χ3v) is 5.13. The number of nitro groups is 1. The quantitative estimate of drug-likeness (QED) is 0.328. The first kappa shape index (κ1) is 23.1. The lowest BCUT2D eigenvalue weighted by Gasteiger charge is -2.28. The van der Waals surface area contributed by atoms with Gasteiger partial charge in [-0.2, -0.15) is 4.98 Å². The third kappa shape index (κ3) is 6.21. The molecule has 0 N–H and O–H groups in total. The Morgan fingerprint density at radius 2 is 2.00 bits per heavy atom. The molecule has 1 atom stereocenters. The Balaban J connectivity index is 1.59. The van der Waals surface area contributed by atoms with E-state index < -0.39 is 4.92 Å². The highest BCUT2D eigenvalue weighted by Gasteiger charge is 2.20. The number of ether oxygens (including phenoxy) is 1. The van der Waals surface area contributed by atoms with Gasteiger partial charge in [0, 0.05) is 36.7 Å². The van der Waals surface area contributed by atoms with Crippen molar-refractivity contribution in [2.75, 3.05) is 13.2 Å². The minimum Gasteiger partial charge on any atom is -0.367 e. The number of carbonyl (C=O) groups is 1. The van der Waals surface area contributed by atoms with Gasteiger partial charge >= 0.3 is 0 Å². The number of aromatic nitrogens is 2. The van der Waals surface area contributed by atoms with Gasteiger partial charge in [-0.3, -0.25) is 14.9 Å². The summed E-state index contributed by atoms with van der Waals surface area (Å²) < 4.78 is 10.9. The predicted molar refractivity (Wildman–Crippen MR) is 118 cm³/mol. The maximum atomic E-state index is 12.8. The normalized spacial score (nSPS) is 11.8. The minimum absolute atomic E-state index is 0.0119. The number of nitrogens with zero attached hydrogens (tertiary/aromatic N) is 4. The number of benzene rings is 2. The monoisotopic (exact) mass is 438 g/mol. The molecule has 1 amide bonds. The first-order chi connectivity index (χ1) is 15.5. The second-order valence-corrected chi connectivity index (χ2v) is 7.39. The molecule has 0 fully saturated rings. The molecule has 168 valence electrons. The van der Waals surface area contributed by atoms with E-state index >= 15 is 0 Å². The highest BCUT2D eigenvalue weighted by molar-refractivity contribution is 5.77. The standard InChI is InChI=1S/C23H26N4O5/c1-3-17(2)26(22(28)16-31-15-18-8-5-4-6-9-18)13-12-21-24-23(25-32-21)19-10-7-11-20(14-19)27(29)30/h4-11,14,17H,3,12-13,15-16H2,1-2H3/t17-/m0/s1. The smallest absolute Gasteiger partial charge is 0.270 e. The molecule has 0 saturated carbocycles. The summed E-state index contributed by atoms with van der Waals surface area (Å²) in [5, 5.41) is 14.9. The third-order valence-electron chi connectivity index (χ3n) is 5.13. The van der Waals surface area contributed by atoms with Crippen LogP contribution in [0.1, 0.15) is 31.7 Å². The molecule has 3 aromatic rings. The van der Waals surface area contributed by atoms with Crippen molar-refractivity contribution in [1.29, 1.82) is 0 Å². The van der Waals surface area contributed by atoms with E-state index in [0.717, 1.165) is 12.0 Å². The fourth-order valence-corrected chi connectivity index (χ4v) is 3.17. The number of non-ortho nitro benzene ring substituents is 1. The van der Waals surface area contributed by atoms with Crippen LogP contribution in [-0.2, 0) is 22.6 Å². The van der Waals surface area contributed by atoms with E-state index in [4.69, 9.17) is 9.26 Å². The van der Waals surface area contributed by atoms with Gasteiger partial charge in [0.2, 0.25) is 17.6 Å². The van der Waals surface area contributed by atoms with Gasteiger partial charge in [0.1, 0.15) is 6.61 Å². The van der Waals surface area contributed by atoms with Crippen LogP contribution < -0.4 is 0 Å². The second kappa shape index (κ2) is 11.1. The summed E-state index contributed by atoms with van der Waals surface area (Å²) in [6, 6.07) is 15.8. The van der Waals surface area contributed by atoms with Gasteiger partial charge in [0.15, 0.2) is 0 Å². The van der Waals surface area contributed by atoms with Crippen LogP contribution in [0.5, 0.6) is 0 Å². The Kier molecular flexibility index (Phi) is 8.04. The number of nitro benzene ring substituents is 1.